The minimum Gasteiger partial charge on any atom is -0.495 e. The van der Waals surface area contributed by atoms with E-state index in [4.69, 9.17) is 4.74 Å². The normalized spacial score (nSPS) is 11.9. The Morgan fingerprint density at radius 2 is 1.71 bits per heavy atom. The van der Waals surface area contributed by atoms with E-state index in [0.717, 1.165) is 30.2 Å². The van der Waals surface area contributed by atoms with E-state index in [9.17, 15) is 8.42 Å². The van der Waals surface area contributed by atoms with Gasteiger partial charge in [0, 0.05) is 17.6 Å². The maximum Gasteiger partial charge on any atom is 0.246 e. The van der Waals surface area contributed by atoms with Gasteiger partial charge in [0.15, 0.2) is 0 Å². The molecule has 4 nitrogen and oxygen atoms in total. The Kier molecular flexibility index (Phi) is 7.70. The molecule has 0 radical (unpaired) electrons. The molecule has 0 spiro atoms. The second kappa shape index (κ2) is 8.76. The summed E-state index contributed by atoms with van der Waals surface area (Å²) in [5.41, 5.74) is 0. The fraction of sp³-hybridized carbons (Fsp3) is 0.600. The van der Waals surface area contributed by atoms with Crippen LogP contribution in [0.2, 0.25) is 0 Å². The van der Waals surface area contributed by atoms with Crippen LogP contribution in [0.15, 0.2) is 27.6 Å². The van der Waals surface area contributed by atoms with Gasteiger partial charge in [-0.05, 0) is 31.0 Å². The summed E-state index contributed by atoms with van der Waals surface area (Å²) in [5, 5.41) is 0. The molecule has 0 saturated carbocycles. The van der Waals surface area contributed by atoms with E-state index in [2.05, 4.69) is 29.8 Å². The van der Waals surface area contributed by atoms with E-state index in [1.807, 2.05) is 0 Å². The lowest BCUT2D eigenvalue weighted by molar-refractivity contribution is 0.380. The van der Waals surface area contributed by atoms with Gasteiger partial charge in [0.2, 0.25) is 10.0 Å². The van der Waals surface area contributed by atoms with Gasteiger partial charge in [-0.25, -0.2) is 8.42 Å². The average Bonchev–Trinajstić information content (AvgIpc) is 2.47. The molecule has 0 aliphatic heterocycles. The topological polar surface area (TPSA) is 46.6 Å². The number of rotatable bonds is 9. The minimum absolute atomic E-state index is 0.228. The van der Waals surface area contributed by atoms with Gasteiger partial charge in [0.1, 0.15) is 10.6 Å². The number of unbranched alkanes of at least 4 members (excludes halogenated alkanes) is 2. The molecule has 1 aromatic rings. The predicted molar refractivity (Wildman–Crippen MR) is 89.3 cm³/mol. The molecule has 0 bridgehead atoms. The molecule has 120 valence electrons. The number of hydrogen-bond donors (Lipinski definition) is 0. The molecule has 1 rings (SSSR count). The van der Waals surface area contributed by atoms with Crippen LogP contribution in [0, 0.1) is 0 Å². The number of benzene rings is 1. The summed E-state index contributed by atoms with van der Waals surface area (Å²) in [6.45, 7) is 5.22. The van der Waals surface area contributed by atoms with Crippen molar-refractivity contribution in [1.82, 2.24) is 4.31 Å². The van der Waals surface area contributed by atoms with Crippen molar-refractivity contribution in [1.29, 1.82) is 0 Å². The third-order valence-electron chi connectivity index (χ3n) is 3.27. The van der Waals surface area contributed by atoms with Crippen molar-refractivity contribution in [2.75, 3.05) is 20.2 Å². The Hall–Kier alpha value is -0.590. The van der Waals surface area contributed by atoms with Crippen molar-refractivity contribution in [3.63, 3.8) is 0 Å². The fourth-order valence-electron chi connectivity index (χ4n) is 2.01. The van der Waals surface area contributed by atoms with Crippen LogP contribution in [0.25, 0.3) is 0 Å². The van der Waals surface area contributed by atoms with Crippen molar-refractivity contribution in [2.24, 2.45) is 0 Å². The van der Waals surface area contributed by atoms with Crippen LogP contribution in [0.5, 0.6) is 5.75 Å². The van der Waals surface area contributed by atoms with Crippen LogP contribution in [0.4, 0.5) is 0 Å². The summed E-state index contributed by atoms with van der Waals surface area (Å²) >= 11 is 3.33. The van der Waals surface area contributed by atoms with E-state index in [1.165, 1.54) is 7.11 Å². The Labute approximate surface area is 136 Å². The lowest BCUT2D eigenvalue weighted by Gasteiger charge is -2.23. The second-order valence-corrected chi connectivity index (χ2v) is 7.73. The second-order valence-electron chi connectivity index (χ2n) is 4.91. The Bertz CT molecular complexity index is 538. The third kappa shape index (κ3) is 4.97. The SMILES string of the molecule is CCCCN(CCCC)S(=O)(=O)c1cc(Br)ccc1OC. The standard InChI is InChI=1S/C15H24BrNO3S/c1-4-6-10-17(11-7-5-2)21(18,19)15-12-13(16)8-9-14(15)20-3/h8-9,12H,4-7,10-11H2,1-3H3. The zero-order chi connectivity index (χ0) is 15.9. The first-order valence-electron chi connectivity index (χ1n) is 7.31. The maximum absolute atomic E-state index is 12.9. The quantitative estimate of drug-likeness (QED) is 0.651. The maximum atomic E-state index is 12.9. The van der Waals surface area contributed by atoms with E-state index in [1.54, 1.807) is 22.5 Å². The molecule has 0 unspecified atom stereocenters. The molecule has 0 aromatic heterocycles. The van der Waals surface area contributed by atoms with Crippen LogP contribution in [-0.4, -0.2) is 32.9 Å². The highest BCUT2D eigenvalue weighted by Crippen LogP contribution is 2.30. The lowest BCUT2D eigenvalue weighted by atomic mass is 10.3. The largest absolute Gasteiger partial charge is 0.495 e. The van der Waals surface area contributed by atoms with Gasteiger partial charge < -0.3 is 4.74 Å². The van der Waals surface area contributed by atoms with E-state index < -0.39 is 10.0 Å². The zero-order valence-corrected chi connectivity index (χ0v) is 15.3. The van der Waals surface area contributed by atoms with Crippen molar-refractivity contribution in [2.45, 2.75) is 44.4 Å². The molecule has 6 heteroatoms. The number of halogens is 1. The van der Waals surface area contributed by atoms with Gasteiger partial charge in [0.05, 0.1) is 7.11 Å². The molecule has 1 aromatic carbocycles. The third-order valence-corrected chi connectivity index (χ3v) is 5.68. The molecular weight excluding hydrogens is 354 g/mol. The lowest BCUT2D eigenvalue weighted by Crippen LogP contribution is -2.33. The van der Waals surface area contributed by atoms with Gasteiger partial charge >= 0.3 is 0 Å². The summed E-state index contributed by atoms with van der Waals surface area (Å²) in [6.07, 6.45) is 3.65. The monoisotopic (exact) mass is 377 g/mol. The van der Waals surface area contributed by atoms with E-state index in [-0.39, 0.29) is 4.90 Å². The highest BCUT2D eigenvalue weighted by Gasteiger charge is 2.27. The van der Waals surface area contributed by atoms with Crippen molar-refractivity contribution in [3.05, 3.63) is 22.7 Å². The molecule has 21 heavy (non-hydrogen) atoms. The summed E-state index contributed by atoms with van der Waals surface area (Å²) in [6, 6.07) is 5.06. The Morgan fingerprint density at radius 1 is 1.14 bits per heavy atom. The smallest absolute Gasteiger partial charge is 0.246 e. The number of ether oxygens (including phenoxy) is 1. The molecule has 0 amide bonds. The van der Waals surface area contributed by atoms with Crippen LogP contribution < -0.4 is 4.74 Å². The molecule has 0 N–H and O–H groups in total. The zero-order valence-electron chi connectivity index (χ0n) is 12.9. The molecule has 0 aliphatic rings. The van der Waals surface area contributed by atoms with Crippen molar-refractivity contribution < 1.29 is 13.2 Å². The minimum atomic E-state index is -3.53. The molecule has 0 heterocycles. The van der Waals surface area contributed by atoms with Crippen molar-refractivity contribution >= 4 is 26.0 Å². The van der Waals surface area contributed by atoms with Crippen LogP contribution in [0.3, 0.4) is 0 Å². The fourth-order valence-corrected chi connectivity index (χ4v) is 4.22. The highest BCUT2D eigenvalue weighted by atomic mass is 79.9. The van der Waals surface area contributed by atoms with Crippen LogP contribution in [-0.2, 0) is 10.0 Å². The molecule has 0 atom stereocenters. The van der Waals surface area contributed by atoms with Gasteiger partial charge in [-0.1, -0.05) is 42.6 Å². The summed E-state index contributed by atoms with van der Waals surface area (Å²) in [4.78, 5) is 0.228. The van der Waals surface area contributed by atoms with Gasteiger partial charge in [-0.2, -0.15) is 4.31 Å². The van der Waals surface area contributed by atoms with E-state index >= 15 is 0 Å². The van der Waals surface area contributed by atoms with Gasteiger partial charge in [0.25, 0.3) is 0 Å². The van der Waals surface area contributed by atoms with Crippen LogP contribution in [0.1, 0.15) is 39.5 Å². The highest BCUT2D eigenvalue weighted by molar-refractivity contribution is 9.10. The van der Waals surface area contributed by atoms with Crippen molar-refractivity contribution in [3.8, 4) is 5.75 Å². The number of sulfonamides is 1. The summed E-state index contributed by atoms with van der Waals surface area (Å²) in [5.74, 6) is 0.385. The number of hydrogen-bond acceptors (Lipinski definition) is 3. The van der Waals surface area contributed by atoms with E-state index in [0.29, 0.717) is 18.8 Å². The summed E-state index contributed by atoms with van der Waals surface area (Å²) < 4.78 is 33.3. The van der Waals surface area contributed by atoms with Crippen LogP contribution >= 0.6 is 15.9 Å². The first-order valence-corrected chi connectivity index (χ1v) is 9.54. The molecule has 0 saturated heterocycles. The Morgan fingerprint density at radius 3 is 2.19 bits per heavy atom. The molecule has 0 aliphatic carbocycles. The Balaban J connectivity index is 3.17. The number of nitrogens with zero attached hydrogens (tertiary/aromatic N) is 1. The first kappa shape index (κ1) is 18.5. The average molecular weight is 378 g/mol. The number of methoxy groups -OCH3 is 1. The first-order chi connectivity index (χ1) is 9.97. The molecule has 0 fully saturated rings. The van der Waals surface area contributed by atoms with Gasteiger partial charge in [-0.15, -0.1) is 0 Å². The van der Waals surface area contributed by atoms with Gasteiger partial charge in [-0.3, -0.25) is 0 Å². The predicted octanol–water partition coefficient (Wildman–Crippen LogP) is 4.05. The summed E-state index contributed by atoms with van der Waals surface area (Å²) in [7, 11) is -2.04. The molecular formula is C15H24BrNO3S.